The quantitative estimate of drug-likeness (QED) is 0.710. The molecular weight excluding hydrogens is 249 g/mol. The van der Waals surface area contributed by atoms with E-state index in [0.717, 1.165) is 12.3 Å². The van der Waals surface area contributed by atoms with E-state index in [0.29, 0.717) is 4.47 Å². The molecule has 68 valence electrons. The standard InChI is InChI=1S/C7H2BrF3N2/c8-5-1-4(2-12)6(13-3-5)7(9,10)11/h1,3H. The van der Waals surface area contributed by atoms with Crippen molar-refractivity contribution >= 4 is 15.9 Å². The van der Waals surface area contributed by atoms with Crippen molar-refractivity contribution in [1.82, 2.24) is 4.98 Å². The second-order valence-corrected chi connectivity index (χ2v) is 3.07. The summed E-state index contributed by atoms with van der Waals surface area (Å²) in [4.78, 5) is 3.13. The number of nitrogens with zero attached hydrogens (tertiary/aromatic N) is 2. The van der Waals surface area contributed by atoms with E-state index in [4.69, 9.17) is 5.26 Å². The zero-order valence-electron chi connectivity index (χ0n) is 6.06. The van der Waals surface area contributed by atoms with Crippen molar-refractivity contribution in [2.45, 2.75) is 6.18 Å². The number of rotatable bonds is 0. The van der Waals surface area contributed by atoms with Crippen LogP contribution in [-0.2, 0) is 6.18 Å². The minimum atomic E-state index is -4.58. The lowest BCUT2D eigenvalue weighted by Crippen LogP contribution is -2.10. The van der Waals surface area contributed by atoms with Crippen LogP contribution in [0.1, 0.15) is 11.3 Å². The van der Waals surface area contributed by atoms with Gasteiger partial charge in [-0.15, -0.1) is 0 Å². The van der Waals surface area contributed by atoms with Gasteiger partial charge in [0.15, 0.2) is 5.69 Å². The van der Waals surface area contributed by atoms with Crippen molar-refractivity contribution in [2.75, 3.05) is 0 Å². The Hall–Kier alpha value is -1.09. The number of alkyl halides is 3. The average Bonchev–Trinajstić information content (AvgIpc) is 2.01. The number of hydrogen-bond donors (Lipinski definition) is 0. The highest BCUT2D eigenvalue weighted by atomic mass is 79.9. The van der Waals surface area contributed by atoms with Gasteiger partial charge in [0.1, 0.15) is 6.07 Å². The van der Waals surface area contributed by atoms with Gasteiger partial charge in [-0.05, 0) is 22.0 Å². The van der Waals surface area contributed by atoms with E-state index in [9.17, 15) is 13.2 Å². The van der Waals surface area contributed by atoms with Crippen molar-refractivity contribution in [3.05, 3.63) is 28.0 Å². The summed E-state index contributed by atoms with van der Waals surface area (Å²) in [6.45, 7) is 0. The Bertz CT molecular complexity index is 367. The molecule has 0 saturated heterocycles. The SMILES string of the molecule is N#Cc1cc(Br)cnc1C(F)(F)F. The van der Waals surface area contributed by atoms with Gasteiger partial charge in [0.25, 0.3) is 0 Å². The van der Waals surface area contributed by atoms with Crippen LogP contribution in [0.25, 0.3) is 0 Å². The third-order valence-corrected chi connectivity index (χ3v) is 1.68. The number of halogens is 4. The lowest BCUT2D eigenvalue weighted by atomic mass is 10.2. The molecule has 1 aromatic rings. The number of hydrogen-bond acceptors (Lipinski definition) is 2. The van der Waals surface area contributed by atoms with Crippen molar-refractivity contribution < 1.29 is 13.2 Å². The number of pyridine rings is 1. The fraction of sp³-hybridized carbons (Fsp3) is 0.143. The summed E-state index contributed by atoms with van der Waals surface area (Å²) in [5.41, 5.74) is -1.64. The first kappa shape index (κ1) is 9.99. The lowest BCUT2D eigenvalue weighted by Gasteiger charge is -2.06. The van der Waals surface area contributed by atoms with Crippen LogP contribution in [-0.4, -0.2) is 4.98 Å². The van der Waals surface area contributed by atoms with Crippen LogP contribution in [0.4, 0.5) is 13.2 Å². The highest BCUT2D eigenvalue weighted by molar-refractivity contribution is 9.10. The summed E-state index contributed by atoms with van der Waals surface area (Å²) < 4.78 is 36.8. The molecule has 1 heterocycles. The largest absolute Gasteiger partial charge is 0.434 e. The van der Waals surface area contributed by atoms with Gasteiger partial charge in [-0.25, -0.2) is 4.98 Å². The molecular formula is C7H2BrF3N2. The first-order valence-electron chi connectivity index (χ1n) is 3.08. The van der Waals surface area contributed by atoms with Crippen LogP contribution < -0.4 is 0 Å². The van der Waals surface area contributed by atoms with E-state index in [-0.39, 0.29) is 0 Å². The monoisotopic (exact) mass is 250 g/mol. The maximum absolute atomic E-state index is 12.1. The van der Waals surface area contributed by atoms with Gasteiger partial charge in [-0.2, -0.15) is 18.4 Å². The van der Waals surface area contributed by atoms with Gasteiger partial charge in [0, 0.05) is 10.7 Å². The maximum Gasteiger partial charge on any atom is 0.434 e. The van der Waals surface area contributed by atoms with Gasteiger partial charge in [0.2, 0.25) is 0 Å². The molecule has 0 amide bonds. The average molecular weight is 251 g/mol. The zero-order chi connectivity index (χ0) is 10.1. The molecule has 0 atom stereocenters. The second kappa shape index (κ2) is 3.34. The second-order valence-electron chi connectivity index (χ2n) is 2.16. The first-order valence-corrected chi connectivity index (χ1v) is 3.87. The van der Waals surface area contributed by atoms with E-state index < -0.39 is 17.4 Å². The van der Waals surface area contributed by atoms with Crippen LogP contribution in [0.2, 0.25) is 0 Å². The summed E-state index contributed by atoms with van der Waals surface area (Å²) in [5.74, 6) is 0. The summed E-state index contributed by atoms with van der Waals surface area (Å²) >= 11 is 2.92. The molecule has 0 aliphatic heterocycles. The Morgan fingerprint density at radius 1 is 1.46 bits per heavy atom. The molecule has 0 fully saturated rings. The Labute approximate surface area is 80.1 Å². The Kier molecular flexibility index (Phi) is 2.57. The third kappa shape index (κ3) is 2.18. The van der Waals surface area contributed by atoms with Crippen molar-refractivity contribution in [3.8, 4) is 6.07 Å². The van der Waals surface area contributed by atoms with Crippen LogP contribution in [0, 0.1) is 11.3 Å². The fourth-order valence-electron chi connectivity index (χ4n) is 0.750. The van der Waals surface area contributed by atoms with E-state index in [1.165, 1.54) is 6.07 Å². The molecule has 0 saturated carbocycles. The van der Waals surface area contributed by atoms with Crippen LogP contribution in [0.5, 0.6) is 0 Å². The molecule has 13 heavy (non-hydrogen) atoms. The van der Waals surface area contributed by atoms with Crippen LogP contribution in [0.3, 0.4) is 0 Å². The smallest absolute Gasteiger partial charge is 0.249 e. The van der Waals surface area contributed by atoms with E-state index >= 15 is 0 Å². The molecule has 6 heteroatoms. The molecule has 0 spiro atoms. The Morgan fingerprint density at radius 3 is 2.54 bits per heavy atom. The van der Waals surface area contributed by atoms with Gasteiger partial charge in [0.05, 0.1) is 5.56 Å². The molecule has 0 radical (unpaired) electrons. The molecule has 1 aromatic heterocycles. The Balaban J connectivity index is 3.32. The minimum absolute atomic E-state index is 0.344. The minimum Gasteiger partial charge on any atom is -0.249 e. The maximum atomic E-state index is 12.1. The van der Waals surface area contributed by atoms with Gasteiger partial charge < -0.3 is 0 Å². The molecule has 1 rings (SSSR count). The molecule has 0 aliphatic carbocycles. The topological polar surface area (TPSA) is 36.7 Å². The highest BCUT2D eigenvalue weighted by Crippen LogP contribution is 2.30. The zero-order valence-corrected chi connectivity index (χ0v) is 7.65. The summed E-state index contributed by atoms with van der Waals surface area (Å²) in [6.07, 6.45) is -3.57. The van der Waals surface area contributed by atoms with Crippen molar-refractivity contribution in [1.29, 1.82) is 5.26 Å². The first-order chi connectivity index (χ1) is 5.95. The predicted molar refractivity (Wildman–Crippen MR) is 41.7 cm³/mol. The molecule has 0 bridgehead atoms. The van der Waals surface area contributed by atoms with Crippen molar-refractivity contribution in [3.63, 3.8) is 0 Å². The Morgan fingerprint density at radius 2 is 2.08 bits per heavy atom. The molecule has 2 nitrogen and oxygen atoms in total. The van der Waals surface area contributed by atoms with E-state index in [2.05, 4.69) is 20.9 Å². The highest BCUT2D eigenvalue weighted by Gasteiger charge is 2.35. The van der Waals surface area contributed by atoms with Crippen LogP contribution in [0.15, 0.2) is 16.7 Å². The number of nitriles is 1. The third-order valence-electron chi connectivity index (χ3n) is 1.24. The van der Waals surface area contributed by atoms with Crippen LogP contribution >= 0.6 is 15.9 Å². The molecule has 0 N–H and O–H groups in total. The van der Waals surface area contributed by atoms with Crippen molar-refractivity contribution in [2.24, 2.45) is 0 Å². The summed E-state index contributed by atoms with van der Waals surface area (Å²) in [7, 11) is 0. The fourth-order valence-corrected chi connectivity index (χ4v) is 1.08. The normalized spacial score (nSPS) is 11.0. The summed E-state index contributed by atoms with van der Waals surface area (Å²) in [6, 6.07) is 2.51. The summed E-state index contributed by atoms with van der Waals surface area (Å²) in [5, 5.41) is 8.40. The predicted octanol–water partition coefficient (Wildman–Crippen LogP) is 2.73. The van der Waals surface area contributed by atoms with E-state index in [1.54, 1.807) is 0 Å². The molecule has 0 aliphatic rings. The molecule has 0 unspecified atom stereocenters. The van der Waals surface area contributed by atoms with Gasteiger partial charge in [-0.3, -0.25) is 0 Å². The van der Waals surface area contributed by atoms with E-state index in [1.807, 2.05) is 0 Å². The van der Waals surface area contributed by atoms with Gasteiger partial charge in [-0.1, -0.05) is 0 Å². The number of aromatic nitrogens is 1. The van der Waals surface area contributed by atoms with Gasteiger partial charge >= 0.3 is 6.18 Å². The molecule has 0 aromatic carbocycles. The lowest BCUT2D eigenvalue weighted by molar-refractivity contribution is -0.141.